The first kappa shape index (κ1) is 19.1. The van der Waals surface area contributed by atoms with Crippen molar-refractivity contribution in [2.24, 2.45) is 0 Å². The summed E-state index contributed by atoms with van der Waals surface area (Å²) in [4.78, 5) is 9.16. The number of oxazole rings is 2. The van der Waals surface area contributed by atoms with Gasteiger partial charge >= 0.3 is 0 Å². The van der Waals surface area contributed by atoms with Crippen molar-refractivity contribution in [2.45, 2.75) is 6.42 Å². The molecule has 4 aromatic carbocycles. The number of hydrogen-bond acceptors (Lipinski definition) is 6. The Bertz CT molecular complexity index is 1420. The summed E-state index contributed by atoms with van der Waals surface area (Å²) in [5.41, 5.74) is 2.79. The average Bonchev–Trinajstić information content (AvgIpc) is 3.42. The summed E-state index contributed by atoms with van der Waals surface area (Å²) in [6.45, 7) is 0. The second kappa shape index (κ2) is 8.16. The molecule has 0 aliphatic rings. The fraction of sp³-hybridized carbons (Fsp3) is 0.0370. The molecule has 2 aromatic heterocycles. The first-order valence-corrected chi connectivity index (χ1v) is 10.5. The Morgan fingerprint density at radius 2 is 0.970 bits per heavy atom. The molecule has 33 heavy (non-hydrogen) atoms. The van der Waals surface area contributed by atoms with Crippen LogP contribution >= 0.6 is 0 Å². The number of rotatable bonds is 6. The third kappa shape index (κ3) is 4.14. The van der Waals surface area contributed by atoms with Crippen molar-refractivity contribution in [1.29, 1.82) is 0 Å². The van der Waals surface area contributed by atoms with Crippen LogP contribution in [-0.4, -0.2) is 9.97 Å². The SMILES string of the molecule is c1ccc(Oc2ccc3oc(Cc4nc5cc(Oc6ccccc6)ccc5o4)nc3c2)cc1. The van der Waals surface area contributed by atoms with Gasteiger partial charge < -0.3 is 18.3 Å². The Morgan fingerprint density at radius 1 is 0.515 bits per heavy atom. The molecular weight excluding hydrogens is 416 g/mol. The van der Waals surface area contributed by atoms with E-state index < -0.39 is 0 Å². The van der Waals surface area contributed by atoms with Crippen molar-refractivity contribution in [3.8, 4) is 23.0 Å². The van der Waals surface area contributed by atoms with Crippen LogP contribution in [0.15, 0.2) is 106 Å². The van der Waals surface area contributed by atoms with Gasteiger partial charge in [-0.15, -0.1) is 0 Å². The lowest BCUT2D eigenvalue weighted by molar-refractivity contribution is 0.481. The number of para-hydroxylation sites is 2. The summed E-state index contributed by atoms with van der Waals surface area (Å²) in [5, 5.41) is 0. The number of nitrogens with zero attached hydrogens (tertiary/aromatic N) is 2. The third-order valence-electron chi connectivity index (χ3n) is 5.07. The molecule has 6 heteroatoms. The summed E-state index contributed by atoms with van der Waals surface area (Å²) in [6.07, 6.45) is 0.340. The molecule has 2 heterocycles. The van der Waals surface area contributed by atoms with Gasteiger partial charge in [0.15, 0.2) is 11.2 Å². The molecule has 0 spiro atoms. The Hall–Kier alpha value is -4.58. The minimum Gasteiger partial charge on any atom is -0.457 e. The Balaban J connectivity index is 1.21. The summed E-state index contributed by atoms with van der Waals surface area (Å²) < 4.78 is 23.5. The van der Waals surface area contributed by atoms with Gasteiger partial charge in [0.1, 0.15) is 40.5 Å². The molecular formula is C27H18N2O4. The van der Waals surface area contributed by atoms with Crippen LogP contribution in [0.4, 0.5) is 0 Å². The van der Waals surface area contributed by atoms with E-state index in [1.807, 2.05) is 97.1 Å². The molecule has 0 unspecified atom stereocenters. The number of benzene rings is 4. The highest BCUT2D eigenvalue weighted by Gasteiger charge is 2.13. The molecule has 6 nitrogen and oxygen atoms in total. The van der Waals surface area contributed by atoms with Gasteiger partial charge in [-0.05, 0) is 48.5 Å². The Morgan fingerprint density at radius 3 is 1.42 bits per heavy atom. The molecule has 0 atom stereocenters. The molecule has 0 radical (unpaired) electrons. The van der Waals surface area contributed by atoms with Gasteiger partial charge in [0, 0.05) is 12.1 Å². The highest BCUT2D eigenvalue weighted by molar-refractivity contribution is 5.75. The zero-order valence-electron chi connectivity index (χ0n) is 17.5. The van der Waals surface area contributed by atoms with E-state index in [1.54, 1.807) is 0 Å². The molecule has 0 fully saturated rings. The van der Waals surface area contributed by atoms with Gasteiger partial charge in [-0.3, -0.25) is 0 Å². The average molecular weight is 434 g/mol. The first-order valence-electron chi connectivity index (χ1n) is 10.5. The lowest BCUT2D eigenvalue weighted by Crippen LogP contribution is -1.87. The molecule has 6 rings (SSSR count). The van der Waals surface area contributed by atoms with E-state index in [0.29, 0.717) is 51.9 Å². The summed E-state index contributed by atoms with van der Waals surface area (Å²) in [5.74, 6) is 3.97. The van der Waals surface area contributed by atoms with Crippen LogP contribution < -0.4 is 9.47 Å². The van der Waals surface area contributed by atoms with Gasteiger partial charge in [0.2, 0.25) is 11.8 Å². The van der Waals surface area contributed by atoms with Gasteiger partial charge in [-0.1, -0.05) is 36.4 Å². The number of hydrogen-bond donors (Lipinski definition) is 0. The summed E-state index contributed by atoms with van der Waals surface area (Å²) >= 11 is 0. The highest BCUT2D eigenvalue weighted by Crippen LogP contribution is 2.28. The van der Waals surface area contributed by atoms with Gasteiger partial charge in [-0.25, -0.2) is 9.97 Å². The van der Waals surface area contributed by atoms with Crippen LogP contribution in [0.1, 0.15) is 11.8 Å². The van der Waals surface area contributed by atoms with Crippen LogP contribution in [-0.2, 0) is 6.42 Å². The molecule has 0 amide bonds. The maximum atomic E-state index is 5.88. The van der Waals surface area contributed by atoms with Crippen molar-refractivity contribution in [3.05, 3.63) is 109 Å². The fourth-order valence-corrected chi connectivity index (χ4v) is 3.57. The maximum absolute atomic E-state index is 5.88. The maximum Gasteiger partial charge on any atom is 0.204 e. The van der Waals surface area contributed by atoms with Crippen LogP contribution in [0.3, 0.4) is 0 Å². The summed E-state index contributed by atoms with van der Waals surface area (Å²) in [6, 6.07) is 30.4. The summed E-state index contributed by atoms with van der Waals surface area (Å²) in [7, 11) is 0. The zero-order chi connectivity index (χ0) is 22.0. The van der Waals surface area contributed by atoms with E-state index in [2.05, 4.69) is 9.97 Å². The van der Waals surface area contributed by atoms with Crippen molar-refractivity contribution in [2.75, 3.05) is 0 Å². The molecule has 0 saturated heterocycles. The van der Waals surface area contributed by atoms with Crippen LogP contribution in [0.25, 0.3) is 22.2 Å². The lowest BCUT2D eigenvalue weighted by Gasteiger charge is -2.04. The number of fused-ring (bicyclic) bond motifs is 2. The van der Waals surface area contributed by atoms with Crippen LogP contribution in [0.2, 0.25) is 0 Å². The predicted octanol–water partition coefficient (Wildman–Crippen LogP) is 7.14. The fourth-order valence-electron chi connectivity index (χ4n) is 3.57. The van der Waals surface area contributed by atoms with Crippen molar-refractivity contribution < 1.29 is 18.3 Å². The van der Waals surface area contributed by atoms with E-state index in [1.165, 1.54) is 0 Å². The predicted molar refractivity (Wildman–Crippen MR) is 124 cm³/mol. The van der Waals surface area contributed by atoms with Crippen molar-refractivity contribution in [3.63, 3.8) is 0 Å². The lowest BCUT2D eigenvalue weighted by atomic mass is 10.3. The first-order chi connectivity index (χ1) is 16.3. The monoisotopic (exact) mass is 434 g/mol. The van der Waals surface area contributed by atoms with Crippen LogP contribution in [0.5, 0.6) is 23.0 Å². The Kier molecular flexibility index (Phi) is 4.73. The van der Waals surface area contributed by atoms with E-state index in [-0.39, 0.29) is 0 Å². The molecule has 160 valence electrons. The topological polar surface area (TPSA) is 70.5 Å². The number of ether oxygens (including phenoxy) is 2. The second-order valence-electron chi connectivity index (χ2n) is 7.48. The third-order valence-corrected chi connectivity index (χ3v) is 5.07. The van der Waals surface area contributed by atoms with E-state index >= 15 is 0 Å². The van der Waals surface area contributed by atoms with E-state index in [0.717, 1.165) is 11.5 Å². The molecule has 0 aliphatic carbocycles. The van der Waals surface area contributed by atoms with Gasteiger partial charge in [-0.2, -0.15) is 0 Å². The quantitative estimate of drug-likeness (QED) is 0.277. The Labute approximate surface area is 189 Å². The second-order valence-corrected chi connectivity index (χ2v) is 7.48. The standard InChI is InChI=1S/C27H18N2O4/c1-3-7-18(8-4-1)30-20-11-13-24-22(15-20)28-26(32-24)17-27-29-23-16-21(12-14-25(23)33-27)31-19-9-5-2-6-10-19/h1-16H,17H2. The van der Waals surface area contributed by atoms with Gasteiger partial charge in [0.05, 0.1) is 0 Å². The smallest absolute Gasteiger partial charge is 0.204 e. The zero-order valence-corrected chi connectivity index (χ0v) is 17.5. The molecule has 6 aromatic rings. The van der Waals surface area contributed by atoms with Crippen molar-refractivity contribution in [1.82, 2.24) is 9.97 Å². The van der Waals surface area contributed by atoms with Gasteiger partial charge in [0.25, 0.3) is 0 Å². The molecule has 0 saturated carbocycles. The largest absolute Gasteiger partial charge is 0.457 e. The normalized spacial score (nSPS) is 11.2. The molecule has 0 aliphatic heterocycles. The van der Waals surface area contributed by atoms with Crippen LogP contribution in [0, 0.1) is 0 Å². The molecule has 0 N–H and O–H groups in total. The molecule has 0 bridgehead atoms. The number of aromatic nitrogens is 2. The highest BCUT2D eigenvalue weighted by atomic mass is 16.5. The van der Waals surface area contributed by atoms with Crippen molar-refractivity contribution >= 4 is 22.2 Å². The van der Waals surface area contributed by atoms with E-state index in [9.17, 15) is 0 Å². The van der Waals surface area contributed by atoms with E-state index in [4.69, 9.17) is 18.3 Å². The minimum absolute atomic E-state index is 0.340. The minimum atomic E-state index is 0.340.